The zero-order valence-electron chi connectivity index (χ0n) is 10.4. The fraction of sp³-hybridized carbons (Fsp3) is 0.583. The van der Waals surface area contributed by atoms with Crippen LogP contribution in [0.1, 0.15) is 18.5 Å². The van der Waals surface area contributed by atoms with E-state index in [1.54, 1.807) is 0 Å². The predicted molar refractivity (Wildman–Crippen MR) is 66.6 cm³/mol. The Morgan fingerprint density at radius 1 is 1.47 bits per heavy atom. The number of aromatic nitrogens is 4. The quantitative estimate of drug-likeness (QED) is 0.768. The minimum atomic E-state index is -0.495. The van der Waals surface area contributed by atoms with Gasteiger partial charge in [-0.2, -0.15) is 4.52 Å². The van der Waals surface area contributed by atoms with Gasteiger partial charge in [0.1, 0.15) is 6.33 Å². The highest BCUT2D eigenvalue weighted by Gasteiger charge is 2.51. The summed E-state index contributed by atoms with van der Waals surface area (Å²) < 4.78 is 1.31. The van der Waals surface area contributed by atoms with E-state index in [2.05, 4.69) is 20.0 Å². The first-order valence-corrected chi connectivity index (χ1v) is 6.51. The van der Waals surface area contributed by atoms with Crippen molar-refractivity contribution in [3.63, 3.8) is 0 Å². The van der Waals surface area contributed by atoms with Crippen molar-refractivity contribution in [2.45, 2.75) is 25.0 Å². The number of nitrogens with one attached hydrogen (secondary N) is 1. The van der Waals surface area contributed by atoms with Crippen LogP contribution in [-0.2, 0) is 6.54 Å². The summed E-state index contributed by atoms with van der Waals surface area (Å²) in [5.74, 6) is 0.872. The van der Waals surface area contributed by atoms with Crippen LogP contribution in [0.3, 0.4) is 0 Å². The maximum atomic E-state index is 11.8. The van der Waals surface area contributed by atoms with Crippen molar-refractivity contribution in [3.8, 4) is 0 Å². The Labute approximate surface area is 108 Å². The number of aromatic amines is 1. The van der Waals surface area contributed by atoms with E-state index in [0.29, 0.717) is 37.0 Å². The summed E-state index contributed by atoms with van der Waals surface area (Å²) in [6.07, 6.45) is 3.73. The van der Waals surface area contributed by atoms with Crippen molar-refractivity contribution < 1.29 is 5.11 Å². The third-order valence-corrected chi connectivity index (χ3v) is 4.04. The van der Waals surface area contributed by atoms with E-state index in [-0.39, 0.29) is 5.56 Å². The zero-order chi connectivity index (χ0) is 13.0. The molecule has 0 radical (unpaired) electrons. The Kier molecular flexibility index (Phi) is 2.13. The molecule has 0 atom stereocenters. The van der Waals surface area contributed by atoms with Crippen LogP contribution in [0.5, 0.6) is 0 Å². The Morgan fingerprint density at radius 2 is 2.26 bits per heavy atom. The van der Waals surface area contributed by atoms with Crippen molar-refractivity contribution in [3.05, 3.63) is 28.4 Å². The van der Waals surface area contributed by atoms with Crippen LogP contribution >= 0.6 is 0 Å². The fourth-order valence-electron chi connectivity index (χ4n) is 2.90. The minimum absolute atomic E-state index is 0.157. The van der Waals surface area contributed by atoms with Gasteiger partial charge in [0.2, 0.25) is 0 Å². The fourth-order valence-corrected chi connectivity index (χ4v) is 2.90. The third kappa shape index (κ3) is 1.77. The average Bonchev–Trinajstić information content (AvgIpc) is 3.07. The standard InChI is InChI=1S/C12H15N5O2/c18-10-3-9(15-11-13-7-14-17(10)11)4-16-5-12(19,6-16)8-1-2-8/h3,7-8,19H,1-2,4-6H2,(H,13,14,15). The molecule has 1 aliphatic carbocycles. The van der Waals surface area contributed by atoms with Crippen molar-refractivity contribution in [1.29, 1.82) is 0 Å². The summed E-state index contributed by atoms with van der Waals surface area (Å²) in [6.45, 7) is 1.95. The molecule has 2 aliphatic rings. The molecule has 0 amide bonds. The largest absolute Gasteiger partial charge is 0.387 e. The van der Waals surface area contributed by atoms with E-state index in [4.69, 9.17) is 0 Å². The minimum Gasteiger partial charge on any atom is -0.387 e. The molecule has 1 aliphatic heterocycles. The van der Waals surface area contributed by atoms with Crippen molar-refractivity contribution >= 4 is 5.78 Å². The molecule has 2 fully saturated rings. The van der Waals surface area contributed by atoms with Gasteiger partial charge in [0.05, 0.1) is 11.3 Å². The Bertz CT molecular complexity index is 681. The second-order valence-electron chi connectivity index (χ2n) is 5.63. The highest BCUT2D eigenvalue weighted by Crippen LogP contribution is 2.44. The molecule has 2 aromatic rings. The number of nitrogens with zero attached hydrogens (tertiary/aromatic N) is 4. The van der Waals surface area contributed by atoms with Gasteiger partial charge in [0, 0.05) is 25.7 Å². The molecule has 0 aromatic carbocycles. The lowest BCUT2D eigenvalue weighted by atomic mass is 9.88. The lowest BCUT2D eigenvalue weighted by Gasteiger charge is -2.46. The number of H-pyrrole nitrogens is 1. The molecule has 7 nitrogen and oxygen atoms in total. The first-order valence-electron chi connectivity index (χ1n) is 6.51. The molecular formula is C12H15N5O2. The zero-order valence-corrected chi connectivity index (χ0v) is 10.4. The molecule has 0 spiro atoms. The Hall–Kier alpha value is -1.73. The van der Waals surface area contributed by atoms with Crippen LogP contribution < -0.4 is 5.56 Å². The van der Waals surface area contributed by atoms with Gasteiger partial charge in [-0.1, -0.05) is 0 Å². The number of fused-ring (bicyclic) bond motifs is 1. The van der Waals surface area contributed by atoms with E-state index < -0.39 is 5.60 Å². The molecule has 100 valence electrons. The molecule has 3 heterocycles. The summed E-state index contributed by atoms with van der Waals surface area (Å²) in [6, 6.07) is 1.51. The normalized spacial score (nSPS) is 22.6. The maximum absolute atomic E-state index is 11.8. The summed E-state index contributed by atoms with van der Waals surface area (Å²) in [5.41, 5.74) is 0.0521. The Morgan fingerprint density at radius 3 is 3.00 bits per heavy atom. The van der Waals surface area contributed by atoms with Crippen LogP contribution in [0.25, 0.3) is 5.78 Å². The lowest BCUT2D eigenvalue weighted by Crippen LogP contribution is -2.62. The van der Waals surface area contributed by atoms with E-state index in [1.165, 1.54) is 16.9 Å². The lowest BCUT2D eigenvalue weighted by molar-refractivity contribution is -0.117. The van der Waals surface area contributed by atoms with Crippen molar-refractivity contribution in [2.75, 3.05) is 13.1 Å². The van der Waals surface area contributed by atoms with Gasteiger partial charge in [-0.3, -0.25) is 14.8 Å². The van der Waals surface area contributed by atoms with Crippen molar-refractivity contribution in [1.82, 2.24) is 24.5 Å². The SMILES string of the molecule is O=c1cc(CN2CC(O)(C3CC3)C2)nc2nc[nH]n12. The topological polar surface area (TPSA) is 86.5 Å². The van der Waals surface area contributed by atoms with Gasteiger partial charge in [0.25, 0.3) is 11.3 Å². The summed E-state index contributed by atoms with van der Waals surface area (Å²) in [7, 11) is 0. The van der Waals surface area contributed by atoms with Crippen LogP contribution in [0.15, 0.2) is 17.2 Å². The number of hydrogen-bond donors (Lipinski definition) is 2. The van der Waals surface area contributed by atoms with Crippen LogP contribution in [0.2, 0.25) is 0 Å². The molecule has 2 aromatic heterocycles. The first-order chi connectivity index (χ1) is 9.14. The van der Waals surface area contributed by atoms with Crippen molar-refractivity contribution in [2.24, 2.45) is 5.92 Å². The number of β-amino-alcohol motifs (C(OH)–C–C–N with tert-alkyl or cyclic N) is 1. The van der Waals surface area contributed by atoms with Gasteiger partial charge in [-0.25, -0.2) is 9.97 Å². The average molecular weight is 261 g/mol. The molecule has 7 heteroatoms. The molecule has 2 N–H and O–H groups in total. The molecule has 4 rings (SSSR count). The number of likely N-dealkylation sites (tertiary alicyclic amines) is 1. The van der Waals surface area contributed by atoms with Crippen LogP contribution in [-0.4, -0.2) is 48.3 Å². The number of rotatable bonds is 3. The Balaban J connectivity index is 1.51. The van der Waals surface area contributed by atoms with E-state index in [1.807, 2.05) is 0 Å². The van der Waals surface area contributed by atoms with Crippen LogP contribution in [0.4, 0.5) is 0 Å². The molecule has 1 saturated carbocycles. The van der Waals surface area contributed by atoms with E-state index >= 15 is 0 Å². The summed E-state index contributed by atoms with van der Waals surface area (Å²) in [5, 5.41) is 13.0. The third-order valence-electron chi connectivity index (χ3n) is 4.04. The van der Waals surface area contributed by atoms with E-state index in [0.717, 1.165) is 12.8 Å². The summed E-state index contributed by atoms with van der Waals surface area (Å²) in [4.78, 5) is 22.2. The number of hydrogen-bond acceptors (Lipinski definition) is 5. The van der Waals surface area contributed by atoms with Crippen LogP contribution in [0, 0.1) is 5.92 Å². The molecule has 19 heavy (non-hydrogen) atoms. The van der Waals surface area contributed by atoms with Gasteiger partial charge < -0.3 is 5.11 Å². The second kappa shape index (κ2) is 3.64. The monoisotopic (exact) mass is 261 g/mol. The molecular weight excluding hydrogens is 246 g/mol. The molecule has 0 bridgehead atoms. The maximum Gasteiger partial charge on any atom is 0.274 e. The van der Waals surface area contributed by atoms with Gasteiger partial charge in [0.15, 0.2) is 0 Å². The van der Waals surface area contributed by atoms with Gasteiger partial charge in [-0.15, -0.1) is 0 Å². The van der Waals surface area contributed by atoms with E-state index in [9.17, 15) is 9.90 Å². The van der Waals surface area contributed by atoms with Gasteiger partial charge in [-0.05, 0) is 18.8 Å². The highest BCUT2D eigenvalue weighted by molar-refractivity contribution is 5.26. The molecule has 0 unspecified atom stereocenters. The number of aliphatic hydroxyl groups is 1. The van der Waals surface area contributed by atoms with Gasteiger partial charge >= 0.3 is 0 Å². The highest BCUT2D eigenvalue weighted by atomic mass is 16.3. The molecule has 1 saturated heterocycles. The summed E-state index contributed by atoms with van der Waals surface area (Å²) >= 11 is 0. The smallest absolute Gasteiger partial charge is 0.274 e. The first kappa shape index (κ1) is 11.1. The second-order valence-corrected chi connectivity index (χ2v) is 5.63. The predicted octanol–water partition coefficient (Wildman–Crippen LogP) is -0.626.